The number of fused-ring (bicyclic) bond motifs is 1. The molecule has 0 aliphatic carbocycles. The van der Waals surface area contributed by atoms with Crippen LogP contribution in [0.5, 0.6) is 0 Å². The molecule has 3 rings (SSSR count). The van der Waals surface area contributed by atoms with Crippen molar-refractivity contribution in [3.05, 3.63) is 48.2 Å². The van der Waals surface area contributed by atoms with Gasteiger partial charge in [0.2, 0.25) is 5.91 Å². The molecular formula is C17H20N4O. The highest BCUT2D eigenvalue weighted by Gasteiger charge is 2.26. The lowest BCUT2D eigenvalue weighted by Gasteiger charge is -2.24. The summed E-state index contributed by atoms with van der Waals surface area (Å²) in [6.45, 7) is 2.54. The Hall–Kier alpha value is -2.40. The fraction of sp³-hybridized carbons (Fsp3) is 0.294. The predicted octanol–water partition coefficient (Wildman–Crippen LogP) is 2.45. The van der Waals surface area contributed by atoms with Crippen LogP contribution in [-0.2, 0) is 11.2 Å². The summed E-state index contributed by atoms with van der Waals surface area (Å²) >= 11 is 0. The fourth-order valence-corrected chi connectivity index (χ4v) is 2.90. The molecule has 0 bridgehead atoms. The van der Waals surface area contributed by atoms with Gasteiger partial charge in [-0.2, -0.15) is 0 Å². The second-order valence-electron chi connectivity index (χ2n) is 5.54. The lowest BCUT2D eigenvalue weighted by molar-refractivity contribution is -0.116. The highest BCUT2D eigenvalue weighted by Crippen LogP contribution is 2.37. The van der Waals surface area contributed by atoms with E-state index in [1.807, 2.05) is 12.1 Å². The Bertz CT molecular complexity index is 669. The van der Waals surface area contributed by atoms with E-state index in [1.165, 1.54) is 11.3 Å². The molecule has 1 aliphatic rings. The summed E-state index contributed by atoms with van der Waals surface area (Å²) in [6, 6.07) is 12.6. The van der Waals surface area contributed by atoms with E-state index in [9.17, 15) is 4.79 Å². The number of rotatable bonds is 4. The van der Waals surface area contributed by atoms with Crippen LogP contribution in [0, 0.1) is 0 Å². The number of nitrogens with zero attached hydrogens (tertiary/aromatic N) is 2. The highest BCUT2D eigenvalue weighted by atomic mass is 16.1. The van der Waals surface area contributed by atoms with Crippen LogP contribution < -0.4 is 16.0 Å². The van der Waals surface area contributed by atoms with Gasteiger partial charge in [-0.3, -0.25) is 4.79 Å². The minimum Gasteiger partial charge on any atom is -0.337 e. The molecule has 1 unspecified atom stereocenters. The van der Waals surface area contributed by atoms with Crippen LogP contribution in [0.3, 0.4) is 0 Å². The number of carbonyl (C=O) groups is 1. The summed E-state index contributed by atoms with van der Waals surface area (Å²) in [5.41, 5.74) is 8.99. The molecule has 1 aromatic carbocycles. The van der Waals surface area contributed by atoms with Gasteiger partial charge in [0.1, 0.15) is 5.82 Å². The molecule has 1 aromatic heterocycles. The quantitative estimate of drug-likeness (QED) is 0.909. The number of nitrogens with one attached hydrogen (secondary N) is 1. The van der Waals surface area contributed by atoms with Gasteiger partial charge in [0, 0.05) is 24.7 Å². The van der Waals surface area contributed by atoms with Crippen molar-refractivity contribution in [2.45, 2.75) is 25.8 Å². The molecular weight excluding hydrogens is 276 g/mol. The van der Waals surface area contributed by atoms with Crippen LogP contribution in [0.2, 0.25) is 0 Å². The molecule has 114 valence electrons. The molecule has 2 heterocycles. The first-order chi connectivity index (χ1) is 10.7. The Morgan fingerprint density at radius 3 is 2.91 bits per heavy atom. The Morgan fingerprint density at radius 1 is 1.36 bits per heavy atom. The van der Waals surface area contributed by atoms with Crippen molar-refractivity contribution in [2.24, 2.45) is 5.73 Å². The van der Waals surface area contributed by atoms with Gasteiger partial charge in [0.15, 0.2) is 0 Å². The molecule has 5 heteroatoms. The maximum Gasteiger partial charge on any atom is 0.226 e. The summed E-state index contributed by atoms with van der Waals surface area (Å²) in [7, 11) is 0. The second-order valence-corrected chi connectivity index (χ2v) is 5.54. The molecule has 0 spiro atoms. The fourth-order valence-electron chi connectivity index (χ4n) is 2.90. The Labute approximate surface area is 130 Å². The van der Waals surface area contributed by atoms with Gasteiger partial charge in [0.25, 0.3) is 0 Å². The number of nitrogens with two attached hydrogens (primary N) is 1. The number of carbonyl (C=O) groups excluding carboxylic acids is 1. The third kappa shape index (κ3) is 2.80. The first-order valence-corrected chi connectivity index (χ1v) is 7.52. The first kappa shape index (κ1) is 14.5. The number of hydrogen-bond donors (Lipinski definition) is 2. The van der Waals surface area contributed by atoms with E-state index in [0.717, 1.165) is 12.1 Å². The van der Waals surface area contributed by atoms with E-state index in [0.29, 0.717) is 24.8 Å². The smallest absolute Gasteiger partial charge is 0.226 e. The normalized spacial score (nSPS) is 16.5. The third-order valence-corrected chi connectivity index (χ3v) is 3.87. The molecule has 5 nitrogen and oxygen atoms in total. The summed E-state index contributed by atoms with van der Waals surface area (Å²) in [6.07, 6.45) is 3.14. The summed E-state index contributed by atoms with van der Waals surface area (Å²) in [4.78, 5) is 18.2. The zero-order chi connectivity index (χ0) is 15.5. The Morgan fingerprint density at radius 2 is 2.18 bits per heavy atom. The largest absolute Gasteiger partial charge is 0.337 e. The van der Waals surface area contributed by atoms with Crippen molar-refractivity contribution >= 4 is 23.1 Å². The molecule has 2 aromatic rings. The monoisotopic (exact) mass is 296 g/mol. The number of para-hydroxylation sites is 1. The molecule has 0 saturated heterocycles. The van der Waals surface area contributed by atoms with Crippen molar-refractivity contribution in [1.29, 1.82) is 0 Å². The summed E-state index contributed by atoms with van der Waals surface area (Å²) < 4.78 is 0. The van der Waals surface area contributed by atoms with Crippen LogP contribution >= 0.6 is 0 Å². The summed E-state index contributed by atoms with van der Waals surface area (Å²) in [5.74, 6) is 0.449. The standard InChI is InChI=1S/C17H20N4O/c1-12-10-13-4-2-3-5-15(13)21(12)14-6-7-16(19-11-14)20-17(22)8-9-18/h2-7,11-12H,8-10,18H2,1H3,(H,19,20,22). The number of hydrogen-bond acceptors (Lipinski definition) is 4. The van der Waals surface area contributed by atoms with Crippen molar-refractivity contribution in [3.63, 3.8) is 0 Å². The topological polar surface area (TPSA) is 71.2 Å². The molecule has 0 fully saturated rings. The van der Waals surface area contributed by atoms with E-state index in [2.05, 4.69) is 46.4 Å². The lowest BCUT2D eigenvalue weighted by Crippen LogP contribution is -2.24. The maximum atomic E-state index is 11.5. The van der Waals surface area contributed by atoms with Gasteiger partial charge in [-0.05, 0) is 37.1 Å². The van der Waals surface area contributed by atoms with E-state index >= 15 is 0 Å². The molecule has 1 atom stereocenters. The van der Waals surface area contributed by atoms with Gasteiger partial charge in [-0.25, -0.2) is 4.98 Å². The Kier molecular flexibility index (Phi) is 4.06. The van der Waals surface area contributed by atoms with E-state index in [1.54, 1.807) is 6.20 Å². The van der Waals surface area contributed by atoms with Crippen molar-refractivity contribution in [1.82, 2.24) is 4.98 Å². The van der Waals surface area contributed by atoms with Crippen LogP contribution in [0.4, 0.5) is 17.2 Å². The van der Waals surface area contributed by atoms with Crippen LogP contribution in [0.25, 0.3) is 0 Å². The lowest BCUT2D eigenvalue weighted by atomic mass is 10.1. The van der Waals surface area contributed by atoms with Gasteiger partial charge >= 0.3 is 0 Å². The SMILES string of the molecule is CC1Cc2ccccc2N1c1ccc(NC(=O)CCN)nc1. The van der Waals surface area contributed by atoms with E-state index in [4.69, 9.17) is 5.73 Å². The van der Waals surface area contributed by atoms with E-state index < -0.39 is 0 Å². The van der Waals surface area contributed by atoms with Crippen molar-refractivity contribution < 1.29 is 4.79 Å². The predicted molar refractivity (Wildman–Crippen MR) is 88.3 cm³/mol. The van der Waals surface area contributed by atoms with Crippen LogP contribution in [0.15, 0.2) is 42.6 Å². The van der Waals surface area contributed by atoms with Gasteiger partial charge < -0.3 is 16.0 Å². The van der Waals surface area contributed by atoms with E-state index in [-0.39, 0.29) is 5.91 Å². The number of anilines is 3. The number of benzene rings is 1. The van der Waals surface area contributed by atoms with Crippen molar-refractivity contribution in [2.75, 3.05) is 16.8 Å². The number of amides is 1. The maximum absolute atomic E-state index is 11.5. The zero-order valence-electron chi connectivity index (χ0n) is 12.6. The highest BCUT2D eigenvalue weighted by molar-refractivity contribution is 5.90. The number of pyridine rings is 1. The molecule has 1 aliphatic heterocycles. The Balaban J connectivity index is 1.80. The molecule has 22 heavy (non-hydrogen) atoms. The molecule has 0 radical (unpaired) electrons. The summed E-state index contributed by atoms with van der Waals surface area (Å²) in [5, 5.41) is 2.74. The molecule has 3 N–H and O–H groups in total. The molecule has 1 amide bonds. The van der Waals surface area contributed by atoms with Gasteiger partial charge in [0.05, 0.1) is 11.9 Å². The first-order valence-electron chi connectivity index (χ1n) is 7.52. The minimum absolute atomic E-state index is 0.109. The average Bonchev–Trinajstić information content (AvgIpc) is 2.84. The third-order valence-electron chi connectivity index (χ3n) is 3.87. The minimum atomic E-state index is -0.109. The average molecular weight is 296 g/mol. The number of aromatic nitrogens is 1. The van der Waals surface area contributed by atoms with Gasteiger partial charge in [-0.15, -0.1) is 0 Å². The second kappa shape index (κ2) is 6.15. The molecule has 0 saturated carbocycles. The van der Waals surface area contributed by atoms with Crippen LogP contribution in [0.1, 0.15) is 18.9 Å². The van der Waals surface area contributed by atoms with Crippen LogP contribution in [-0.4, -0.2) is 23.5 Å². The zero-order valence-corrected chi connectivity index (χ0v) is 12.6. The van der Waals surface area contributed by atoms with Gasteiger partial charge in [-0.1, -0.05) is 18.2 Å². The van der Waals surface area contributed by atoms with Crippen molar-refractivity contribution in [3.8, 4) is 0 Å².